The summed E-state index contributed by atoms with van der Waals surface area (Å²) in [6, 6.07) is 0. The Morgan fingerprint density at radius 2 is 1.57 bits per heavy atom. The lowest BCUT2D eigenvalue weighted by Gasteiger charge is -2.35. The second-order valence-corrected chi connectivity index (χ2v) is 5.37. The van der Waals surface area contributed by atoms with Crippen molar-refractivity contribution in [3.63, 3.8) is 0 Å². The maximum atomic E-state index is 10.7. The van der Waals surface area contributed by atoms with Crippen molar-refractivity contribution in [1.82, 2.24) is 0 Å². The molecular weight excluding hydrogens is 274 g/mol. The molecule has 0 aliphatic carbocycles. The van der Waals surface area contributed by atoms with E-state index in [0.717, 1.165) is 19.3 Å². The third-order valence-electron chi connectivity index (χ3n) is 3.53. The Bertz CT molecular complexity index is 323. The topological polar surface area (TPSA) is 94.8 Å². The van der Waals surface area contributed by atoms with Crippen LogP contribution in [0.3, 0.4) is 0 Å². The molecule has 0 aliphatic heterocycles. The van der Waals surface area contributed by atoms with Crippen LogP contribution in [0.4, 0.5) is 0 Å². The van der Waals surface area contributed by atoms with Gasteiger partial charge in [0.2, 0.25) is 0 Å². The number of nitrogens with zero attached hydrogens (tertiary/aromatic N) is 1. The maximum absolute atomic E-state index is 10.7. The van der Waals surface area contributed by atoms with Crippen LogP contribution in [0.15, 0.2) is 12.2 Å². The first kappa shape index (κ1) is 19.6. The fraction of sp³-hybridized carbons (Fsp3) is 0.733. The van der Waals surface area contributed by atoms with Crippen LogP contribution in [0.2, 0.25) is 0 Å². The Morgan fingerprint density at radius 1 is 1.00 bits per heavy atom. The summed E-state index contributed by atoms with van der Waals surface area (Å²) in [4.78, 5) is 21.4. The number of hydrogen-bond acceptors (Lipinski definition) is 3. The number of carbonyl (C=O) groups is 2. The molecular formula is C15H28NO5+. The van der Waals surface area contributed by atoms with Crippen LogP contribution in [0.1, 0.15) is 45.4 Å². The highest BCUT2D eigenvalue weighted by Gasteiger charge is 2.27. The Morgan fingerprint density at radius 3 is 2.00 bits per heavy atom. The molecule has 0 radical (unpaired) electrons. The van der Waals surface area contributed by atoms with E-state index < -0.39 is 11.9 Å². The minimum Gasteiger partial charge on any atom is -0.481 e. The minimum atomic E-state index is -0.937. The fourth-order valence-electron chi connectivity index (χ4n) is 2.09. The molecule has 0 aliphatic rings. The molecule has 0 saturated carbocycles. The highest BCUT2D eigenvalue weighted by molar-refractivity contribution is 5.67. The number of rotatable bonds is 13. The van der Waals surface area contributed by atoms with Crippen molar-refractivity contribution >= 4 is 11.9 Å². The summed E-state index contributed by atoms with van der Waals surface area (Å²) in [5.41, 5.74) is 0. The molecule has 0 rings (SSSR count). The van der Waals surface area contributed by atoms with Gasteiger partial charge in [0, 0.05) is 0 Å². The van der Waals surface area contributed by atoms with Crippen LogP contribution < -0.4 is 0 Å². The van der Waals surface area contributed by atoms with Crippen molar-refractivity contribution in [3.05, 3.63) is 12.2 Å². The van der Waals surface area contributed by atoms with Gasteiger partial charge in [0.25, 0.3) is 0 Å². The lowest BCUT2D eigenvalue weighted by molar-refractivity contribution is -0.939. The van der Waals surface area contributed by atoms with Crippen molar-refractivity contribution in [2.24, 2.45) is 0 Å². The van der Waals surface area contributed by atoms with Gasteiger partial charge in [-0.05, 0) is 18.9 Å². The van der Waals surface area contributed by atoms with Gasteiger partial charge >= 0.3 is 11.9 Å². The lowest BCUT2D eigenvalue weighted by Crippen LogP contribution is -2.51. The molecule has 0 heterocycles. The molecule has 0 atom stereocenters. The normalized spacial score (nSPS) is 11.9. The molecule has 6 heteroatoms. The number of allylic oxidation sites excluding steroid dienone is 1. The summed E-state index contributed by atoms with van der Waals surface area (Å²) in [5, 5.41) is 27.2. The number of carboxylic acid groups (broad SMARTS) is 2. The van der Waals surface area contributed by atoms with E-state index in [1.807, 2.05) is 12.2 Å². The average molecular weight is 302 g/mol. The van der Waals surface area contributed by atoms with Crippen molar-refractivity contribution in [2.75, 3.05) is 26.4 Å². The Kier molecular flexibility index (Phi) is 10.5. The zero-order valence-corrected chi connectivity index (χ0v) is 12.8. The third kappa shape index (κ3) is 10.0. The van der Waals surface area contributed by atoms with Crippen molar-refractivity contribution in [3.8, 4) is 0 Å². The summed E-state index contributed by atoms with van der Waals surface area (Å²) in [5.74, 6) is -1.87. The van der Waals surface area contributed by atoms with E-state index in [1.165, 1.54) is 6.42 Å². The summed E-state index contributed by atoms with van der Waals surface area (Å²) in [7, 11) is 0. The summed E-state index contributed by atoms with van der Waals surface area (Å²) in [6.07, 6.45) is 8.18. The monoisotopic (exact) mass is 302 g/mol. The van der Waals surface area contributed by atoms with Gasteiger partial charge in [-0.3, -0.25) is 14.1 Å². The highest BCUT2D eigenvalue weighted by atomic mass is 16.4. The molecule has 6 nitrogen and oxygen atoms in total. The number of hydrogen-bond donors (Lipinski definition) is 3. The van der Waals surface area contributed by atoms with Gasteiger partial charge in [0.05, 0.1) is 32.5 Å². The molecule has 3 N–H and O–H groups in total. The van der Waals surface area contributed by atoms with Crippen molar-refractivity contribution < 1.29 is 29.4 Å². The first-order chi connectivity index (χ1) is 9.95. The number of carboxylic acids is 2. The molecule has 0 fully saturated rings. The Hall–Kier alpha value is -1.40. The first-order valence-corrected chi connectivity index (χ1v) is 7.50. The molecule has 0 bridgehead atoms. The SMILES string of the molecule is CCCCC/C=C/C[N+](CO)(CCC(=O)O)CCC(=O)O. The number of unbranched alkanes of at least 4 members (excludes halogenated alkanes) is 3. The van der Waals surface area contributed by atoms with Gasteiger partial charge < -0.3 is 15.3 Å². The quantitative estimate of drug-likeness (QED) is 0.209. The van der Waals surface area contributed by atoms with E-state index in [2.05, 4.69) is 6.92 Å². The number of aliphatic hydroxyl groups excluding tert-OH is 1. The molecule has 0 unspecified atom stereocenters. The minimum absolute atomic E-state index is 0.0795. The van der Waals surface area contributed by atoms with Gasteiger partial charge in [-0.25, -0.2) is 0 Å². The van der Waals surface area contributed by atoms with Crippen LogP contribution in [0.5, 0.6) is 0 Å². The lowest BCUT2D eigenvalue weighted by atomic mass is 10.2. The predicted molar refractivity (Wildman–Crippen MR) is 79.7 cm³/mol. The van der Waals surface area contributed by atoms with E-state index in [4.69, 9.17) is 10.2 Å². The van der Waals surface area contributed by atoms with E-state index >= 15 is 0 Å². The predicted octanol–water partition coefficient (Wildman–Crippen LogP) is 1.84. The fourth-order valence-corrected chi connectivity index (χ4v) is 2.09. The molecule has 21 heavy (non-hydrogen) atoms. The summed E-state index contributed by atoms with van der Waals surface area (Å²) >= 11 is 0. The summed E-state index contributed by atoms with van der Waals surface area (Å²) in [6.45, 7) is 2.81. The van der Waals surface area contributed by atoms with E-state index in [1.54, 1.807) is 0 Å². The number of quaternary nitrogens is 1. The molecule has 0 amide bonds. The van der Waals surface area contributed by atoms with Crippen molar-refractivity contribution in [2.45, 2.75) is 45.4 Å². The third-order valence-corrected chi connectivity index (χ3v) is 3.53. The van der Waals surface area contributed by atoms with Gasteiger partial charge in [0.15, 0.2) is 6.73 Å². The van der Waals surface area contributed by atoms with Crippen LogP contribution in [-0.2, 0) is 9.59 Å². The maximum Gasteiger partial charge on any atom is 0.309 e. The van der Waals surface area contributed by atoms with Crippen LogP contribution in [0, 0.1) is 0 Å². The summed E-state index contributed by atoms with van der Waals surface area (Å²) < 4.78 is 0.0862. The van der Waals surface area contributed by atoms with Crippen LogP contribution >= 0.6 is 0 Å². The Labute approximate surface area is 126 Å². The van der Waals surface area contributed by atoms with Crippen molar-refractivity contribution in [1.29, 1.82) is 0 Å². The molecule has 0 spiro atoms. The zero-order chi connectivity index (χ0) is 16.1. The second kappa shape index (κ2) is 11.3. The van der Waals surface area contributed by atoms with Gasteiger partial charge in [-0.2, -0.15) is 0 Å². The standard InChI is InChI=1S/C15H27NO5/c1-2-3-4-5-6-7-10-16(13-17,11-8-14(18)19)12-9-15(20)21/h6-7,17H,2-5,8-13H2,1H3,(H-,18,19,20,21)/p+1/b7-6+. The van der Waals surface area contributed by atoms with Gasteiger partial charge in [-0.15, -0.1) is 0 Å². The molecule has 122 valence electrons. The van der Waals surface area contributed by atoms with E-state index in [-0.39, 0.29) is 37.1 Å². The average Bonchev–Trinajstić information content (AvgIpc) is 2.45. The molecule has 0 aromatic heterocycles. The smallest absolute Gasteiger partial charge is 0.309 e. The van der Waals surface area contributed by atoms with Crippen LogP contribution in [0.25, 0.3) is 0 Å². The van der Waals surface area contributed by atoms with Crippen LogP contribution in [-0.4, -0.2) is 58.1 Å². The first-order valence-electron chi connectivity index (χ1n) is 7.50. The van der Waals surface area contributed by atoms with Gasteiger partial charge in [-0.1, -0.05) is 25.8 Å². The van der Waals surface area contributed by atoms with Gasteiger partial charge in [0.1, 0.15) is 0 Å². The highest BCUT2D eigenvalue weighted by Crippen LogP contribution is 2.10. The zero-order valence-electron chi connectivity index (χ0n) is 12.8. The molecule has 0 aromatic carbocycles. The molecule has 0 saturated heterocycles. The van der Waals surface area contributed by atoms with E-state index in [0.29, 0.717) is 6.54 Å². The second-order valence-electron chi connectivity index (χ2n) is 5.37. The largest absolute Gasteiger partial charge is 0.481 e. The number of aliphatic hydroxyl groups is 1. The Balaban J connectivity index is 4.51. The number of aliphatic carboxylic acids is 2. The molecule has 0 aromatic rings. The van der Waals surface area contributed by atoms with E-state index in [9.17, 15) is 14.7 Å².